The van der Waals surface area contributed by atoms with Crippen molar-refractivity contribution in [2.75, 3.05) is 13.7 Å². The van der Waals surface area contributed by atoms with E-state index in [1.807, 2.05) is 29.7 Å². The molecule has 0 fully saturated rings. The fourth-order valence-corrected chi connectivity index (χ4v) is 2.86. The summed E-state index contributed by atoms with van der Waals surface area (Å²) in [7, 11) is 1.60. The van der Waals surface area contributed by atoms with Crippen molar-refractivity contribution in [3.05, 3.63) is 54.5 Å². The molecule has 0 unspecified atom stereocenters. The Balaban J connectivity index is 1.96. The summed E-state index contributed by atoms with van der Waals surface area (Å²) in [6.07, 6.45) is 1.69. The maximum atomic E-state index is 13.2. The number of benzene rings is 1. The van der Waals surface area contributed by atoms with Crippen LogP contribution in [0.4, 0.5) is 4.39 Å². The summed E-state index contributed by atoms with van der Waals surface area (Å²) in [5, 5.41) is 3.83. The molecule has 1 amide bonds. The monoisotopic (exact) mass is 341 g/mol. The first kappa shape index (κ1) is 17.1. The first-order valence-electron chi connectivity index (χ1n) is 8.07. The predicted molar refractivity (Wildman–Crippen MR) is 94.6 cm³/mol. The number of carbonyl (C=O) groups excluding carboxylic acids is 1. The van der Waals surface area contributed by atoms with Crippen LogP contribution in [-0.4, -0.2) is 35.2 Å². The number of methoxy groups -OCH3 is 1. The molecule has 6 heteroatoms. The van der Waals surface area contributed by atoms with Crippen molar-refractivity contribution in [1.29, 1.82) is 0 Å². The summed E-state index contributed by atoms with van der Waals surface area (Å²) in [4.78, 5) is 16.8. The molecule has 0 aliphatic heterocycles. The molecule has 0 saturated heterocycles. The molecule has 2 heterocycles. The van der Waals surface area contributed by atoms with Crippen LogP contribution in [0.25, 0.3) is 22.3 Å². The van der Waals surface area contributed by atoms with E-state index in [9.17, 15) is 9.18 Å². The molecule has 2 aromatic heterocycles. The third-order valence-corrected chi connectivity index (χ3v) is 3.92. The third-order valence-electron chi connectivity index (χ3n) is 3.92. The smallest absolute Gasteiger partial charge is 0.240 e. The summed E-state index contributed by atoms with van der Waals surface area (Å²) in [6, 6.07) is 11.9. The molecule has 3 aromatic rings. The standard InChI is InChI=1S/C19H20FN3O2/c1-13(12-25-2)22-18(24)11-23-17(14-5-7-16(20)8-6-14)10-15-4-3-9-21-19(15)23/h3-10,13H,11-12H2,1-2H3,(H,22,24)/t13-/m0/s1. The van der Waals surface area contributed by atoms with Crippen molar-refractivity contribution >= 4 is 16.9 Å². The van der Waals surface area contributed by atoms with Crippen LogP contribution in [0.2, 0.25) is 0 Å². The van der Waals surface area contributed by atoms with E-state index in [4.69, 9.17) is 4.74 Å². The van der Waals surface area contributed by atoms with Gasteiger partial charge in [0.05, 0.1) is 12.3 Å². The summed E-state index contributed by atoms with van der Waals surface area (Å²) >= 11 is 0. The number of nitrogens with zero attached hydrogens (tertiary/aromatic N) is 2. The van der Waals surface area contributed by atoms with Crippen LogP contribution < -0.4 is 5.32 Å². The lowest BCUT2D eigenvalue weighted by atomic mass is 10.1. The highest BCUT2D eigenvalue weighted by atomic mass is 19.1. The number of nitrogens with one attached hydrogen (secondary N) is 1. The van der Waals surface area contributed by atoms with Crippen LogP contribution in [0.1, 0.15) is 6.92 Å². The minimum absolute atomic E-state index is 0.0819. The summed E-state index contributed by atoms with van der Waals surface area (Å²) in [6.45, 7) is 2.46. The van der Waals surface area contributed by atoms with Crippen LogP contribution >= 0.6 is 0 Å². The minimum atomic E-state index is -0.296. The van der Waals surface area contributed by atoms with Crippen molar-refractivity contribution in [3.63, 3.8) is 0 Å². The molecule has 3 rings (SSSR count). The van der Waals surface area contributed by atoms with Crippen molar-refractivity contribution in [2.45, 2.75) is 19.5 Å². The van der Waals surface area contributed by atoms with Gasteiger partial charge in [0.15, 0.2) is 0 Å². The van der Waals surface area contributed by atoms with Gasteiger partial charge in [-0.2, -0.15) is 0 Å². The number of rotatable bonds is 6. The Morgan fingerprint density at radius 2 is 2.08 bits per heavy atom. The first-order chi connectivity index (χ1) is 12.1. The Labute approximate surface area is 145 Å². The Kier molecular flexibility index (Phi) is 5.09. The van der Waals surface area contributed by atoms with E-state index in [1.165, 1.54) is 12.1 Å². The fourth-order valence-electron chi connectivity index (χ4n) is 2.86. The number of halogens is 1. The summed E-state index contributed by atoms with van der Waals surface area (Å²) < 4.78 is 20.1. The summed E-state index contributed by atoms with van der Waals surface area (Å²) in [5.41, 5.74) is 2.37. The number of hydrogen-bond donors (Lipinski definition) is 1. The first-order valence-corrected chi connectivity index (χ1v) is 8.07. The van der Waals surface area contributed by atoms with E-state index < -0.39 is 0 Å². The van der Waals surface area contributed by atoms with Crippen molar-refractivity contribution in [1.82, 2.24) is 14.9 Å². The molecule has 1 atom stereocenters. The molecule has 0 aliphatic rings. The molecule has 5 nitrogen and oxygen atoms in total. The van der Waals surface area contributed by atoms with Crippen molar-refractivity contribution in [3.8, 4) is 11.3 Å². The number of ether oxygens (including phenoxy) is 1. The Bertz CT molecular complexity index is 874. The molecule has 130 valence electrons. The van der Waals surface area contributed by atoms with Gasteiger partial charge in [-0.1, -0.05) is 0 Å². The van der Waals surface area contributed by atoms with Gasteiger partial charge >= 0.3 is 0 Å². The second-order valence-corrected chi connectivity index (χ2v) is 5.96. The molecule has 0 bridgehead atoms. The van der Waals surface area contributed by atoms with E-state index in [-0.39, 0.29) is 24.3 Å². The molecule has 1 aromatic carbocycles. The van der Waals surface area contributed by atoms with Gasteiger partial charge in [-0.05, 0) is 55.0 Å². The molecular weight excluding hydrogens is 321 g/mol. The van der Waals surface area contributed by atoms with Crippen LogP contribution in [0.3, 0.4) is 0 Å². The SMILES string of the molecule is COC[C@H](C)NC(=O)Cn1c(-c2ccc(F)cc2)cc2cccnc21. The van der Waals surface area contributed by atoms with Crippen LogP contribution in [0, 0.1) is 5.82 Å². The maximum Gasteiger partial charge on any atom is 0.240 e. The molecule has 0 aliphatic carbocycles. The zero-order valence-corrected chi connectivity index (χ0v) is 14.2. The second-order valence-electron chi connectivity index (χ2n) is 5.96. The van der Waals surface area contributed by atoms with Gasteiger partial charge < -0.3 is 14.6 Å². The van der Waals surface area contributed by atoms with Gasteiger partial charge in [0.2, 0.25) is 5.91 Å². The summed E-state index contributed by atoms with van der Waals surface area (Å²) in [5.74, 6) is -0.424. The number of hydrogen-bond acceptors (Lipinski definition) is 3. The number of pyridine rings is 1. The Hall–Kier alpha value is -2.73. The topological polar surface area (TPSA) is 56.1 Å². The van der Waals surface area contributed by atoms with Gasteiger partial charge in [0.1, 0.15) is 18.0 Å². The minimum Gasteiger partial charge on any atom is -0.383 e. The highest BCUT2D eigenvalue weighted by Crippen LogP contribution is 2.27. The highest BCUT2D eigenvalue weighted by Gasteiger charge is 2.15. The molecule has 25 heavy (non-hydrogen) atoms. The zero-order valence-electron chi connectivity index (χ0n) is 14.2. The van der Waals surface area contributed by atoms with Gasteiger partial charge in [-0.3, -0.25) is 4.79 Å². The maximum absolute atomic E-state index is 13.2. The number of amides is 1. The number of aromatic nitrogens is 2. The van der Waals surface area contributed by atoms with E-state index in [0.29, 0.717) is 6.61 Å². The van der Waals surface area contributed by atoms with Gasteiger partial charge in [0.25, 0.3) is 0 Å². The lowest BCUT2D eigenvalue weighted by Crippen LogP contribution is -2.37. The van der Waals surface area contributed by atoms with E-state index in [1.54, 1.807) is 25.4 Å². The lowest BCUT2D eigenvalue weighted by Gasteiger charge is -2.15. The molecule has 0 saturated carbocycles. The van der Waals surface area contributed by atoms with Crippen LogP contribution in [0.15, 0.2) is 48.7 Å². The van der Waals surface area contributed by atoms with E-state index in [0.717, 1.165) is 22.3 Å². The second kappa shape index (κ2) is 7.44. The van der Waals surface area contributed by atoms with Crippen molar-refractivity contribution < 1.29 is 13.9 Å². The predicted octanol–water partition coefficient (Wildman–Crippen LogP) is 2.99. The average molecular weight is 341 g/mol. The highest BCUT2D eigenvalue weighted by molar-refractivity contribution is 5.87. The van der Waals surface area contributed by atoms with Gasteiger partial charge in [-0.15, -0.1) is 0 Å². The Morgan fingerprint density at radius 1 is 1.32 bits per heavy atom. The van der Waals surface area contributed by atoms with E-state index >= 15 is 0 Å². The largest absolute Gasteiger partial charge is 0.383 e. The molecule has 0 radical (unpaired) electrons. The van der Waals surface area contributed by atoms with Crippen molar-refractivity contribution in [2.24, 2.45) is 0 Å². The van der Waals surface area contributed by atoms with Crippen LogP contribution in [-0.2, 0) is 16.1 Å². The van der Waals surface area contributed by atoms with Gasteiger partial charge in [-0.25, -0.2) is 9.37 Å². The number of fused-ring (bicyclic) bond motifs is 1. The molecule has 1 N–H and O–H groups in total. The Morgan fingerprint density at radius 3 is 2.80 bits per heavy atom. The third kappa shape index (κ3) is 3.85. The normalized spacial score (nSPS) is 12.3. The molecular formula is C19H20FN3O2. The van der Waals surface area contributed by atoms with Gasteiger partial charge in [0, 0.05) is 24.7 Å². The quantitative estimate of drug-likeness (QED) is 0.750. The molecule has 0 spiro atoms. The number of carbonyl (C=O) groups is 1. The van der Waals surface area contributed by atoms with E-state index in [2.05, 4.69) is 10.3 Å². The average Bonchev–Trinajstić information content (AvgIpc) is 2.94. The fraction of sp³-hybridized carbons (Fsp3) is 0.263. The zero-order chi connectivity index (χ0) is 17.8. The van der Waals surface area contributed by atoms with Crippen LogP contribution in [0.5, 0.6) is 0 Å². The lowest BCUT2D eigenvalue weighted by molar-refractivity contribution is -0.122.